The number of hydrogen-bond donors (Lipinski definition) is 1. The molecular formula is C21H18FNO4. The van der Waals surface area contributed by atoms with Gasteiger partial charge in [-0.3, -0.25) is 4.79 Å². The topological polar surface area (TPSA) is 68.4 Å². The lowest BCUT2D eigenvalue weighted by Crippen LogP contribution is -2.22. The summed E-state index contributed by atoms with van der Waals surface area (Å²) in [5.41, 5.74) is 3.60. The molecule has 1 aliphatic rings. The minimum Gasteiger partial charge on any atom is -0.463 e. The van der Waals surface area contributed by atoms with Gasteiger partial charge in [-0.1, -0.05) is 18.2 Å². The van der Waals surface area contributed by atoms with E-state index in [9.17, 15) is 14.0 Å². The van der Waals surface area contributed by atoms with E-state index in [4.69, 9.17) is 9.47 Å². The number of nitrogens with one attached hydrogen (secondary N) is 1. The van der Waals surface area contributed by atoms with E-state index in [1.165, 1.54) is 12.1 Å². The van der Waals surface area contributed by atoms with Crippen LogP contribution in [-0.2, 0) is 25.5 Å². The van der Waals surface area contributed by atoms with Gasteiger partial charge in [0, 0.05) is 29.4 Å². The number of ether oxygens (including phenoxy) is 2. The Balaban J connectivity index is 1.58. The molecule has 1 saturated heterocycles. The highest BCUT2D eigenvalue weighted by Crippen LogP contribution is 2.31. The molecule has 4 rings (SSSR count). The summed E-state index contributed by atoms with van der Waals surface area (Å²) in [5, 5.41) is 1.00. The highest BCUT2D eigenvalue weighted by atomic mass is 19.1. The van der Waals surface area contributed by atoms with Crippen molar-refractivity contribution in [3.8, 4) is 11.3 Å². The summed E-state index contributed by atoms with van der Waals surface area (Å²) in [6, 6.07) is 14.0. The predicted octanol–water partition coefficient (Wildman–Crippen LogP) is 3.77. The summed E-state index contributed by atoms with van der Waals surface area (Å²) in [7, 11) is 0. The van der Waals surface area contributed by atoms with Crippen molar-refractivity contribution in [2.24, 2.45) is 0 Å². The van der Waals surface area contributed by atoms with Crippen molar-refractivity contribution in [3.63, 3.8) is 0 Å². The van der Waals surface area contributed by atoms with Crippen LogP contribution in [-0.4, -0.2) is 29.6 Å². The number of cyclic esters (lactones) is 1. The van der Waals surface area contributed by atoms with Crippen LogP contribution in [0.1, 0.15) is 18.4 Å². The average molecular weight is 367 g/mol. The number of aromatic amines is 1. The maximum atomic E-state index is 13.3. The normalized spacial score (nSPS) is 16.5. The molecule has 1 fully saturated rings. The summed E-state index contributed by atoms with van der Waals surface area (Å²) < 4.78 is 23.3. The van der Waals surface area contributed by atoms with Crippen molar-refractivity contribution in [1.82, 2.24) is 4.98 Å². The molecule has 1 N–H and O–H groups in total. The first kappa shape index (κ1) is 17.3. The second-order valence-corrected chi connectivity index (χ2v) is 6.47. The van der Waals surface area contributed by atoms with Gasteiger partial charge in [0.25, 0.3) is 0 Å². The largest absolute Gasteiger partial charge is 0.463 e. The Morgan fingerprint density at radius 3 is 2.70 bits per heavy atom. The summed E-state index contributed by atoms with van der Waals surface area (Å²) in [5.74, 6) is -1.22. The third-order valence-electron chi connectivity index (χ3n) is 4.69. The second kappa shape index (κ2) is 7.23. The number of H-pyrrole nitrogens is 1. The quantitative estimate of drug-likeness (QED) is 0.697. The molecule has 1 aromatic heterocycles. The maximum Gasteiger partial charge on any atom is 0.347 e. The highest BCUT2D eigenvalue weighted by Gasteiger charge is 2.30. The fourth-order valence-electron chi connectivity index (χ4n) is 3.35. The minimum atomic E-state index is -0.794. The molecule has 6 heteroatoms. The van der Waals surface area contributed by atoms with Gasteiger partial charge in [-0.25, -0.2) is 9.18 Å². The van der Waals surface area contributed by atoms with Crippen LogP contribution in [0.2, 0.25) is 0 Å². The predicted molar refractivity (Wildman–Crippen MR) is 97.5 cm³/mol. The van der Waals surface area contributed by atoms with Crippen LogP contribution >= 0.6 is 0 Å². The molecule has 1 atom stereocenters. The van der Waals surface area contributed by atoms with Crippen molar-refractivity contribution in [2.75, 3.05) is 6.61 Å². The number of aromatic nitrogens is 1. The lowest BCUT2D eigenvalue weighted by molar-refractivity contribution is -0.160. The van der Waals surface area contributed by atoms with Crippen LogP contribution < -0.4 is 0 Å². The number of benzene rings is 2. The molecule has 0 saturated carbocycles. The smallest absolute Gasteiger partial charge is 0.347 e. The van der Waals surface area contributed by atoms with E-state index in [1.807, 2.05) is 24.3 Å². The van der Waals surface area contributed by atoms with Gasteiger partial charge in [0.05, 0.1) is 6.61 Å². The molecule has 1 aliphatic heterocycles. The van der Waals surface area contributed by atoms with Crippen molar-refractivity contribution in [3.05, 3.63) is 59.9 Å². The number of para-hydroxylation sites is 1. The maximum absolute atomic E-state index is 13.3. The molecule has 0 spiro atoms. The number of aryl methyl sites for hydroxylation is 1. The van der Waals surface area contributed by atoms with E-state index in [0.29, 0.717) is 12.8 Å². The van der Waals surface area contributed by atoms with E-state index in [0.717, 1.165) is 27.7 Å². The first-order valence-corrected chi connectivity index (χ1v) is 8.83. The van der Waals surface area contributed by atoms with Crippen LogP contribution in [0.3, 0.4) is 0 Å². The van der Waals surface area contributed by atoms with Gasteiger partial charge in [-0.2, -0.15) is 0 Å². The number of halogens is 1. The lowest BCUT2D eigenvalue weighted by atomic mass is 10.0. The number of carbonyl (C=O) groups excluding carboxylic acids is 2. The zero-order valence-corrected chi connectivity index (χ0v) is 14.5. The molecule has 2 aromatic carbocycles. The summed E-state index contributed by atoms with van der Waals surface area (Å²) in [4.78, 5) is 27.0. The molecule has 0 bridgehead atoms. The number of fused-ring (bicyclic) bond motifs is 1. The van der Waals surface area contributed by atoms with E-state index in [1.54, 1.807) is 12.1 Å². The second-order valence-electron chi connectivity index (χ2n) is 6.47. The van der Waals surface area contributed by atoms with Crippen LogP contribution in [0, 0.1) is 5.82 Å². The van der Waals surface area contributed by atoms with Gasteiger partial charge in [-0.15, -0.1) is 0 Å². The molecule has 2 heterocycles. The van der Waals surface area contributed by atoms with Gasteiger partial charge < -0.3 is 14.5 Å². The van der Waals surface area contributed by atoms with E-state index in [-0.39, 0.29) is 18.8 Å². The van der Waals surface area contributed by atoms with Crippen molar-refractivity contribution >= 4 is 22.8 Å². The Bertz CT molecular complexity index is 993. The minimum absolute atomic E-state index is 0.139. The Labute approximate surface area is 155 Å². The molecule has 0 amide bonds. The van der Waals surface area contributed by atoms with E-state index in [2.05, 4.69) is 4.98 Å². The van der Waals surface area contributed by atoms with Crippen LogP contribution in [0.15, 0.2) is 48.5 Å². The molecule has 1 unspecified atom stereocenters. The molecule has 0 aliphatic carbocycles. The summed E-state index contributed by atoms with van der Waals surface area (Å²) >= 11 is 0. The Morgan fingerprint density at radius 1 is 1.19 bits per heavy atom. The van der Waals surface area contributed by atoms with Crippen molar-refractivity contribution in [2.45, 2.75) is 25.4 Å². The van der Waals surface area contributed by atoms with Gasteiger partial charge >= 0.3 is 11.9 Å². The Kier molecular flexibility index (Phi) is 4.62. The third-order valence-corrected chi connectivity index (χ3v) is 4.69. The average Bonchev–Trinajstić information content (AvgIpc) is 3.24. The van der Waals surface area contributed by atoms with E-state index < -0.39 is 18.0 Å². The van der Waals surface area contributed by atoms with Gasteiger partial charge in [0.15, 0.2) is 0 Å². The van der Waals surface area contributed by atoms with Gasteiger partial charge in [-0.05, 0) is 47.9 Å². The molecule has 5 nitrogen and oxygen atoms in total. The Hall–Kier alpha value is -3.15. The van der Waals surface area contributed by atoms with Gasteiger partial charge in [0.1, 0.15) is 5.82 Å². The van der Waals surface area contributed by atoms with Crippen LogP contribution in [0.5, 0.6) is 0 Å². The third kappa shape index (κ3) is 3.56. The number of hydrogen-bond acceptors (Lipinski definition) is 4. The van der Waals surface area contributed by atoms with E-state index >= 15 is 0 Å². The fourth-order valence-corrected chi connectivity index (χ4v) is 3.35. The Morgan fingerprint density at radius 2 is 1.96 bits per heavy atom. The number of esters is 2. The van der Waals surface area contributed by atoms with Crippen LogP contribution in [0.4, 0.5) is 4.39 Å². The fraction of sp³-hybridized carbons (Fsp3) is 0.238. The first-order chi connectivity index (χ1) is 13.1. The molecule has 0 radical (unpaired) electrons. The standard InChI is InChI=1S/C21H18FNO4/c22-14-7-5-13(6-8-14)20-16(15-3-1-2-4-17(15)23-20)9-10-19(24)27-18-11-12-26-21(18)25/h1-8,18,23H,9-12H2. The zero-order chi connectivity index (χ0) is 18.8. The SMILES string of the molecule is O=C(CCc1c(-c2ccc(F)cc2)[nH]c2ccccc12)OC1CCOC1=O. The number of rotatable bonds is 5. The first-order valence-electron chi connectivity index (χ1n) is 8.83. The number of carbonyl (C=O) groups is 2. The lowest BCUT2D eigenvalue weighted by Gasteiger charge is -2.09. The van der Waals surface area contributed by atoms with Crippen LogP contribution in [0.25, 0.3) is 22.2 Å². The molecule has 138 valence electrons. The van der Waals surface area contributed by atoms with Crippen molar-refractivity contribution in [1.29, 1.82) is 0 Å². The summed E-state index contributed by atoms with van der Waals surface area (Å²) in [6.07, 6.45) is 0.187. The molecule has 3 aromatic rings. The molecule has 27 heavy (non-hydrogen) atoms. The highest BCUT2D eigenvalue weighted by molar-refractivity contribution is 5.91. The zero-order valence-electron chi connectivity index (χ0n) is 14.5. The monoisotopic (exact) mass is 367 g/mol. The molecular weight excluding hydrogens is 349 g/mol. The summed E-state index contributed by atoms with van der Waals surface area (Å²) in [6.45, 7) is 0.286. The van der Waals surface area contributed by atoms with Gasteiger partial charge in [0.2, 0.25) is 6.10 Å². The van der Waals surface area contributed by atoms with Crippen molar-refractivity contribution < 1.29 is 23.5 Å².